The standard InChI is InChI=1S/C10H20N2O2/c1-10(2,9-11)3-4-12-5-7-14-8-6-13/h12-13H,3-8H2,1-2H3. The molecule has 0 rings (SSSR count). The number of ether oxygens (including phenoxy) is 1. The highest BCUT2D eigenvalue weighted by Crippen LogP contribution is 2.16. The van der Waals surface area contributed by atoms with Crippen LogP contribution in [-0.2, 0) is 4.74 Å². The van der Waals surface area contributed by atoms with E-state index in [1.165, 1.54) is 0 Å². The molecule has 0 aromatic heterocycles. The Labute approximate surface area is 85.9 Å². The van der Waals surface area contributed by atoms with Gasteiger partial charge in [-0.05, 0) is 26.8 Å². The summed E-state index contributed by atoms with van der Waals surface area (Å²) in [5, 5.41) is 20.3. The zero-order chi connectivity index (χ0) is 10.9. The second-order valence-corrected chi connectivity index (χ2v) is 3.83. The van der Waals surface area contributed by atoms with Crippen LogP contribution in [0.1, 0.15) is 20.3 Å². The van der Waals surface area contributed by atoms with Crippen molar-refractivity contribution >= 4 is 0 Å². The Bertz CT molecular complexity index is 175. The van der Waals surface area contributed by atoms with Crippen LogP contribution >= 0.6 is 0 Å². The lowest BCUT2D eigenvalue weighted by Gasteiger charge is -2.14. The monoisotopic (exact) mass is 200 g/mol. The first-order valence-electron chi connectivity index (χ1n) is 4.93. The van der Waals surface area contributed by atoms with Gasteiger partial charge < -0.3 is 15.2 Å². The molecule has 4 heteroatoms. The predicted molar refractivity (Wildman–Crippen MR) is 54.8 cm³/mol. The fourth-order valence-electron chi connectivity index (χ4n) is 0.893. The topological polar surface area (TPSA) is 65.3 Å². The SMILES string of the molecule is CC(C)(C#N)CCNCCOCCO. The van der Waals surface area contributed by atoms with Gasteiger partial charge in [0.25, 0.3) is 0 Å². The largest absolute Gasteiger partial charge is 0.394 e. The number of aliphatic hydroxyl groups is 1. The number of hydrogen-bond donors (Lipinski definition) is 2. The van der Waals surface area contributed by atoms with Crippen molar-refractivity contribution in [1.29, 1.82) is 5.26 Å². The Morgan fingerprint density at radius 1 is 1.36 bits per heavy atom. The van der Waals surface area contributed by atoms with Gasteiger partial charge in [-0.1, -0.05) is 0 Å². The molecule has 2 N–H and O–H groups in total. The van der Waals surface area contributed by atoms with E-state index in [1.54, 1.807) is 0 Å². The number of rotatable bonds is 8. The third-order valence-electron chi connectivity index (χ3n) is 1.89. The summed E-state index contributed by atoms with van der Waals surface area (Å²) >= 11 is 0. The van der Waals surface area contributed by atoms with E-state index < -0.39 is 0 Å². The fraction of sp³-hybridized carbons (Fsp3) is 0.900. The van der Waals surface area contributed by atoms with Crippen LogP contribution in [0, 0.1) is 16.7 Å². The van der Waals surface area contributed by atoms with Gasteiger partial charge in [0.2, 0.25) is 0 Å². The van der Waals surface area contributed by atoms with Crippen LogP contribution in [0.2, 0.25) is 0 Å². The molecule has 14 heavy (non-hydrogen) atoms. The third-order valence-corrected chi connectivity index (χ3v) is 1.89. The Kier molecular flexibility index (Phi) is 7.40. The Morgan fingerprint density at radius 3 is 2.64 bits per heavy atom. The maximum absolute atomic E-state index is 8.74. The van der Waals surface area contributed by atoms with Crippen LogP contribution in [0.4, 0.5) is 0 Å². The number of aliphatic hydroxyl groups excluding tert-OH is 1. The van der Waals surface area contributed by atoms with Crippen molar-refractivity contribution in [3.63, 3.8) is 0 Å². The molecule has 0 aliphatic heterocycles. The average Bonchev–Trinajstić information content (AvgIpc) is 2.16. The Morgan fingerprint density at radius 2 is 2.07 bits per heavy atom. The second kappa shape index (κ2) is 7.74. The minimum absolute atomic E-state index is 0.0709. The predicted octanol–water partition coefficient (Wildman–Crippen LogP) is 0.525. The van der Waals surface area contributed by atoms with Gasteiger partial charge in [-0.25, -0.2) is 0 Å². The zero-order valence-corrected chi connectivity index (χ0v) is 9.05. The summed E-state index contributed by atoms with van der Waals surface area (Å²) in [4.78, 5) is 0. The highest BCUT2D eigenvalue weighted by molar-refractivity contribution is 4.91. The number of nitrogens with one attached hydrogen (secondary N) is 1. The molecule has 0 heterocycles. The molecular formula is C10H20N2O2. The molecule has 0 unspecified atom stereocenters. The molecule has 0 aromatic carbocycles. The summed E-state index contributed by atoms with van der Waals surface area (Å²) in [6, 6.07) is 2.25. The first kappa shape index (κ1) is 13.4. The van der Waals surface area contributed by atoms with E-state index in [2.05, 4.69) is 11.4 Å². The quantitative estimate of drug-likeness (QED) is 0.561. The molecule has 0 aromatic rings. The van der Waals surface area contributed by atoms with Crippen LogP contribution in [0.3, 0.4) is 0 Å². The minimum Gasteiger partial charge on any atom is -0.394 e. The Hall–Kier alpha value is -0.630. The molecule has 0 bridgehead atoms. The van der Waals surface area contributed by atoms with E-state index in [9.17, 15) is 0 Å². The van der Waals surface area contributed by atoms with Crippen LogP contribution in [-0.4, -0.2) is 38.0 Å². The molecule has 0 spiro atoms. The number of nitriles is 1. The Balaban J connectivity index is 3.18. The molecule has 0 aliphatic carbocycles. The third kappa shape index (κ3) is 7.99. The van der Waals surface area contributed by atoms with Gasteiger partial charge in [-0.15, -0.1) is 0 Å². The molecule has 0 aliphatic rings. The summed E-state index contributed by atoms with van der Waals surface area (Å²) in [6.07, 6.45) is 0.837. The zero-order valence-electron chi connectivity index (χ0n) is 9.05. The second-order valence-electron chi connectivity index (χ2n) is 3.83. The lowest BCUT2D eigenvalue weighted by molar-refractivity contribution is 0.0937. The molecule has 0 amide bonds. The van der Waals surface area contributed by atoms with E-state index in [0.29, 0.717) is 13.2 Å². The summed E-state index contributed by atoms with van der Waals surface area (Å²) in [5.74, 6) is 0. The number of hydrogen-bond acceptors (Lipinski definition) is 4. The van der Waals surface area contributed by atoms with Gasteiger partial charge in [0.15, 0.2) is 0 Å². The van der Waals surface area contributed by atoms with Gasteiger partial charge in [0.1, 0.15) is 0 Å². The first-order valence-corrected chi connectivity index (χ1v) is 4.93. The van der Waals surface area contributed by atoms with Crippen molar-refractivity contribution in [2.45, 2.75) is 20.3 Å². The van der Waals surface area contributed by atoms with Crippen molar-refractivity contribution < 1.29 is 9.84 Å². The summed E-state index contributed by atoms with van der Waals surface area (Å²) in [5.41, 5.74) is -0.251. The van der Waals surface area contributed by atoms with E-state index in [0.717, 1.165) is 19.5 Å². The normalized spacial score (nSPS) is 11.3. The summed E-state index contributed by atoms with van der Waals surface area (Å²) < 4.78 is 5.06. The van der Waals surface area contributed by atoms with E-state index >= 15 is 0 Å². The van der Waals surface area contributed by atoms with Crippen molar-refractivity contribution in [3.8, 4) is 6.07 Å². The molecule has 0 atom stereocenters. The molecule has 0 fully saturated rings. The van der Waals surface area contributed by atoms with Gasteiger partial charge in [0, 0.05) is 6.54 Å². The maximum Gasteiger partial charge on any atom is 0.0698 e. The molecule has 0 radical (unpaired) electrons. The maximum atomic E-state index is 8.74. The van der Waals surface area contributed by atoms with Crippen LogP contribution in [0.15, 0.2) is 0 Å². The minimum atomic E-state index is -0.251. The summed E-state index contributed by atoms with van der Waals surface area (Å²) in [7, 11) is 0. The van der Waals surface area contributed by atoms with E-state index in [4.69, 9.17) is 15.1 Å². The van der Waals surface area contributed by atoms with E-state index in [1.807, 2.05) is 13.8 Å². The van der Waals surface area contributed by atoms with Gasteiger partial charge in [-0.3, -0.25) is 0 Å². The summed E-state index contributed by atoms with van der Waals surface area (Å²) in [6.45, 7) is 6.51. The highest BCUT2D eigenvalue weighted by atomic mass is 16.5. The highest BCUT2D eigenvalue weighted by Gasteiger charge is 2.14. The van der Waals surface area contributed by atoms with Crippen molar-refractivity contribution in [2.75, 3.05) is 32.9 Å². The first-order chi connectivity index (χ1) is 6.62. The van der Waals surface area contributed by atoms with Crippen molar-refractivity contribution in [3.05, 3.63) is 0 Å². The average molecular weight is 200 g/mol. The lowest BCUT2D eigenvalue weighted by Crippen LogP contribution is -2.25. The van der Waals surface area contributed by atoms with Crippen molar-refractivity contribution in [2.24, 2.45) is 5.41 Å². The smallest absolute Gasteiger partial charge is 0.0698 e. The van der Waals surface area contributed by atoms with Crippen LogP contribution in [0.25, 0.3) is 0 Å². The molecule has 0 saturated heterocycles. The lowest BCUT2D eigenvalue weighted by atomic mass is 9.92. The number of nitrogens with zero attached hydrogens (tertiary/aromatic N) is 1. The van der Waals surface area contributed by atoms with Gasteiger partial charge in [0.05, 0.1) is 31.3 Å². The van der Waals surface area contributed by atoms with Gasteiger partial charge in [-0.2, -0.15) is 5.26 Å². The van der Waals surface area contributed by atoms with E-state index in [-0.39, 0.29) is 12.0 Å². The molecule has 82 valence electrons. The molecule has 4 nitrogen and oxygen atoms in total. The van der Waals surface area contributed by atoms with Crippen LogP contribution in [0.5, 0.6) is 0 Å². The fourth-order valence-corrected chi connectivity index (χ4v) is 0.893. The van der Waals surface area contributed by atoms with Gasteiger partial charge >= 0.3 is 0 Å². The van der Waals surface area contributed by atoms with Crippen molar-refractivity contribution in [1.82, 2.24) is 5.32 Å². The molecule has 0 saturated carbocycles. The van der Waals surface area contributed by atoms with Crippen LogP contribution < -0.4 is 5.32 Å². The molecular weight excluding hydrogens is 180 g/mol.